The Balaban J connectivity index is 2.03. The van der Waals surface area contributed by atoms with Gasteiger partial charge in [0.2, 0.25) is 0 Å². The number of fused-ring (bicyclic) bond motifs is 1. The third kappa shape index (κ3) is 1.66. The molecule has 1 saturated carbocycles. The van der Waals surface area contributed by atoms with Crippen LogP contribution < -0.4 is 5.73 Å². The second-order valence-electron chi connectivity index (χ2n) is 5.33. The molecule has 1 aliphatic carbocycles. The van der Waals surface area contributed by atoms with Gasteiger partial charge in [0.25, 0.3) is 0 Å². The van der Waals surface area contributed by atoms with Gasteiger partial charge < -0.3 is 10.3 Å². The predicted octanol–water partition coefficient (Wildman–Crippen LogP) is 4.13. The Morgan fingerprint density at radius 1 is 1.40 bits per heavy atom. The SMILES string of the molecule is Cc1csc(-c2nc3ccc(F)cc3n2C2CC2)c1N. The van der Waals surface area contributed by atoms with Crippen molar-refractivity contribution in [2.24, 2.45) is 0 Å². The topological polar surface area (TPSA) is 43.8 Å². The molecular formula is C15H14FN3S. The van der Waals surface area contributed by atoms with Crippen molar-refractivity contribution in [2.45, 2.75) is 25.8 Å². The maximum Gasteiger partial charge on any atom is 0.153 e. The van der Waals surface area contributed by atoms with E-state index >= 15 is 0 Å². The van der Waals surface area contributed by atoms with Crippen molar-refractivity contribution in [3.63, 3.8) is 0 Å². The average Bonchev–Trinajstić information content (AvgIpc) is 3.12. The lowest BCUT2D eigenvalue weighted by Gasteiger charge is -2.07. The molecule has 20 heavy (non-hydrogen) atoms. The number of aromatic nitrogens is 2. The van der Waals surface area contributed by atoms with E-state index in [0.29, 0.717) is 6.04 Å². The van der Waals surface area contributed by atoms with Crippen LogP contribution >= 0.6 is 11.3 Å². The lowest BCUT2D eigenvalue weighted by molar-refractivity contribution is 0.628. The number of thiophene rings is 1. The van der Waals surface area contributed by atoms with Crippen LogP contribution in [-0.2, 0) is 0 Å². The fourth-order valence-electron chi connectivity index (χ4n) is 2.56. The standard InChI is InChI=1S/C15H14FN3S/c1-8-7-20-14(13(8)17)15-18-11-5-2-9(16)6-12(11)19(15)10-3-4-10/h2,5-7,10H,3-4,17H2,1H3. The van der Waals surface area contributed by atoms with Gasteiger partial charge in [-0.15, -0.1) is 11.3 Å². The highest BCUT2D eigenvalue weighted by atomic mass is 32.1. The largest absolute Gasteiger partial charge is 0.397 e. The Hall–Kier alpha value is -1.88. The molecule has 3 aromatic rings. The zero-order chi connectivity index (χ0) is 13.9. The predicted molar refractivity (Wildman–Crippen MR) is 80.4 cm³/mol. The zero-order valence-electron chi connectivity index (χ0n) is 11.1. The van der Waals surface area contributed by atoms with Crippen molar-refractivity contribution in [2.75, 3.05) is 5.73 Å². The van der Waals surface area contributed by atoms with Crippen LogP contribution in [0.4, 0.5) is 10.1 Å². The van der Waals surface area contributed by atoms with Gasteiger partial charge in [-0.25, -0.2) is 9.37 Å². The Morgan fingerprint density at radius 2 is 2.20 bits per heavy atom. The van der Waals surface area contributed by atoms with Gasteiger partial charge in [-0.1, -0.05) is 0 Å². The first-order valence-electron chi connectivity index (χ1n) is 6.66. The summed E-state index contributed by atoms with van der Waals surface area (Å²) in [5.74, 6) is 0.657. The molecule has 5 heteroatoms. The molecule has 1 aliphatic rings. The molecule has 0 spiro atoms. The lowest BCUT2D eigenvalue weighted by atomic mass is 10.2. The molecule has 0 bridgehead atoms. The van der Waals surface area contributed by atoms with E-state index in [1.807, 2.05) is 12.3 Å². The van der Waals surface area contributed by atoms with Crippen molar-refractivity contribution in [1.29, 1.82) is 0 Å². The first kappa shape index (κ1) is 11.9. The normalized spacial score (nSPS) is 15.1. The summed E-state index contributed by atoms with van der Waals surface area (Å²) in [6.07, 6.45) is 2.25. The van der Waals surface area contributed by atoms with Crippen molar-refractivity contribution in [3.8, 4) is 10.7 Å². The number of halogens is 1. The number of hydrogen-bond donors (Lipinski definition) is 1. The molecule has 0 saturated heterocycles. The molecule has 0 radical (unpaired) electrons. The number of aryl methyl sites for hydroxylation is 1. The first-order chi connectivity index (χ1) is 9.65. The Labute approximate surface area is 119 Å². The van der Waals surface area contributed by atoms with Gasteiger partial charge in [0.15, 0.2) is 5.82 Å². The van der Waals surface area contributed by atoms with Gasteiger partial charge in [-0.3, -0.25) is 0 Å². The van der Waals surface area contributed by atoms with E-state index in [4.69, 9.17) is 5.73 Å². The Morgan fingerprint density at radius 3 is 2.85 bits per heavy atom. The van der Waals surface area contributed by atoms with E-state index in [9.17, 15) is 4.39 Å². The molecule has 0 atom stereocenters. The molecule has 0 unspecified atom stereocenters. The van der Waals surface area contributed by atoms with Crippen LogP contribution in [-0.4, -0.2) is 9.55 Å². The summed E-state index contributed by atoms with van der Waals surface area (Å²) in [5, 5.41) is 2.04. The smallest absolute Gasteiger partial charge is 0.153 e. The highest BCUT2D eigenvalue weighted by Gasteiger charge is 2.30. The molecule has 2 aromatic heterocycles. The second-order valence-corrected chi connectivity index (χ2v) is 6.21. The Kier molecular flexibility index (Phi) is 2.41. The van der Waals surface area contributed by atoms with Crippen LogP contribution in [0.15, 0.2) is 23.6 Å². The monoisotopic (exact) mass is 287 g/mol. The highest BCUT2D eigenvalue weighted by Crippen LogP contribution is 2.44. The molecule has 1 aromatic carbocycles. The molecule has 2 N–H and O–H groups in total. The summed E-state index contributed by atoms with van der Waals surface area (Å²) in [7, 11) is 0. The third-order valence-corrected chi connectivity index (χ3v) is 4.90. The van der Waals surface area contributed by atoms with E-state index in [1.54, 1.807) is 23.5 Å². The summed E-state index contributed by atoms with van der Waals surface area (Å²) < 4.78 is 15.7. The number of nitrogens with two attached hydrogens (primary N) is 1. The van der Waals surface area contributed by atoms with Gasteiger partial charge in [0.1, 0.15) is 5.82 Å². The van der Waals surface area contributed by atoms with Crippen LogP contribution in [0.1, 0.15) is 24.4 Å². The second kappa shape index (κ2) is 4.06. The number of nitrogen functional groups attached to an aromatic ring is 1. The van der Waals surface area contributed by atoms with Crippen LogP contribution in [0.3, 0.4) is 0 Å². The van der Waals surface area contributed by atoms with Crippen molar-refractivity contribution < 1.29 is 4.39 Å². The molecule has 1 fully saturated rings. The fraction of sp³-hybridized carbons (Fsp3) is 0.267. The molecule has 0 amide bonds. The maximum absolute atomic E-state index is 13.5. The quantitative estimate of drug-likeness (QED) is 0.770. The average molecular weight is 287 g/mol. The molecule has 2 heterocycles. The summed E-state index contributed by atoms with van der Waals surface area (Å²) in [6, 6.07) is 5.20. The molecule has 3 nitrogen and oxygen atoms in total. The minimum atomic E-state index is -0.221. The van der Waals surface area contributed by atoms with Crippen LogP contribution in [0.25, 0.3) is 21.7 Å². The number of imidazole rings is 1. The third-order valence-electron chi connectivity index (χ3n) is 3.79. The summed E-state index contributed by atoms with van der Waals surface area (Å²) in [6.45, 7) is 2.00. The van der Waals surface area contributed by atoms with Gasteiger partial charge >= 0.3 is 0 Å². The van der Waals surface area contributed by atoms with E-state index in [-0.39, 0.29) is 5.82 Å². The molecule has 0 aliphatic heterocycles. The van der Waals surface area contributed by atoms with Crippen molar-refractivity contribution in [1.82, 2.24) is 9.55 Å². The van der Waals surface area contributed by atoms with E-state index in [1.165, 1.54) is 6.07 Å². The van der Waals surface area contributed by atoms with E-state index in [2.05, 4.69) is 9.55 Å². The number of nitrogens with zero attached hydrogens (tertiary/aromatic N) is 2. The maximum atomic E-state index is 13.5. The fourth-order valence-corrected chi connectivity index (χ4v) is 3.51. The van der Waals surface area contributed by atoms with Gasteiger partial charge in [0.05, 0.1) is 21.6 Å². The van der Waals surface area contributed by atoms with E-state index in [0.717, 1.165) is 45.8 Å². The van der Waals surface area contributed by atoms with Gasteiger partial charge in [-0.2, -0.15) is 0 Å². The molecule has 4 rings (SSSR count). The number of rotatable bonds is 2. The number of anilines is 1. The van der Waals surface area contributed by atoms with Crippen LogP contribution in [0.2, 0.25) is 0 Å². The molecule has 102 valence electrons. The van der Waals surface area contributed by atoms with Gasteiger partial charge in [0, 0.05) is 6.04 Å². The molecular weight excluding hydrogens is 273 g/mol. The first-order valence-corrected chi connectivity index (χ1v) is 7.54. The lowest BCUT2D eigenvalue weighted by Crippen LogP contribution is -1.98. The summed E-state index contributed by atoms with van der Waals surface area (Å²) in [5.41, 5.74) is 9.72. The minimum absolute atomic E-state index is 0.221. The Bertz CT molecular complexity index is 814. The van der Waals surface area contributed by atoms with E-state index < -0.39 is 0 Å². The van der Waals surface area contributed by atoms with Crippen LogP contribution in [0.5, 0.6) is 0 Å². The summed E-state index contributed by atoms with van der Waals surface area (Å²) in [4.78, 5) is 5.68. The van der Waals surface area contributed by atoms with Crippen molar-refractivity contribution in [3.05, 3.63) is 35.0 Å². The number of benzene rings is 1. The summed E-state index contributed by atoms with van der Waals surface area (Å²) >= 11 is 1.61. The van der Waals surface area contributed by atoms with Crippen LogP contribution in [0, 0.1) is 12.7 Å². The van der Waals surface area contributed by atoms with Crippen molar-refractivity contribution >= 4 is 28.1 Å². The van der Waals surface area contributed by atoms with Gasteiger partial charge in [-0.05, 0) is 48.9 Å². The minimum Gasteiger partial charge on any atom is -0.397 e. The zero-order valence-corrected chi connectivity index (χ0v) is 11.9. The highest BCUT2D eigenvalue weighted by molar-refractivity contribution is 7.14. The number of hydrogen-bond acceptors (Lipinski definition) is 3.